The van der Waals surface area contributed by atoms with Crippen molar-refractivity contribution in [3.8, 4) is 0 Å². The molecule has 172 valence electrons. The summed E-state index contributed by atoms with van der Waals surface area (Å²) in [6.07, 6.45) is 0.611. The number of H-pyrrole nitrogens is 1. The molecule has 1 unspecified atom stereocenters. The minimum absolute atomic E-state index is 0.0930. The summed E-state index contributed by atoms with van der Waals surface area (Å²) in [6.45, 7) is 5.25. The topological polar surface area (TPSA) is 168 Å². The van der Waals surface area contributed by atoms with Crippen LogP contribution in [0.3, 0.4) is 0 Å². The van der Waals surface area contributed by atoms with Gasteiger partial charge in [-0.2, -0.15) is 9.97 Å². The van der Waals surface area contributed by atoms with Crippen LogP contribution in [0.25, 0.3) is 10.3 Å². The van der Waals surface area contributed by atoms with E-state index in [4.69, 9.17) is 5.73 Å². The molecule has 0 aliphatic rings. The molecule has 0 fully saturated rings. The van der Waals surface area contributed by atoms with Crippen LogP contribution in [0.15, 0.2) is 34.2 Å². The van der Waals surface area contributed by atoms with E-state index in [0.29, 0.717) is 16.7 Å². The Balaban J connectivity index is 2.08. The molecule has 1 amide bonds. The summed E-state index contributed by atoms with van der Waals surface area (Å²) in [7, 11) is -4.10. The molecule has 0 aliphatic carbocycles. The van der Waals surface area contributed by atoms with Crippen molar-refractivity contribution in [3.05, 3.63) is 45.1 Å². The van der Waals surface area contributed by atoms with Crippen LogP contribution >= 0.6 is 11.3 Å². The van der Waals surface area contributed by atoms with Crippen molar-refractivity contribution in [2.24, 2.45) is 11.7 Å². The molecular weight excluding hydrogens is 454 g/mol. The van der Waals surface area contributed by atoms with E-state index in [-0.39, 0.29) is 35.6 Å². The number of aliphatic hydroxyl groups excluding tert-OH is 1. The fourth-order valence-electron chi connectivity index (χ4n) is 3.27. The van der Waals surface area contributed by atoms with Crippen molar-refractivity contribution in [2.45, 2.75) is 43.6 Å². The van der Waals surface area contributed by atoms with Crippen molar-refractivity contribution < 1.29 is 18.3 Å². The molecule has 10 nitrogen and oxygen atoms in total. The largest absolute Gasteiger partial charge is 0.394 e. The average molecular weight is 480 g/mol. The third-order valence-corrected chi connectivity index (χ3v) is 7.71. The van der Waals surface area contributed by atoms with E-state index in [1.54, 1.807) is 12.1 Å². The first-order valence-electron chi connectivity index (χ1n) is 9.94. The molecule has 2 heterocycles. The Kier molecular flexibility index (Phi) is 6.96. The molecular formula is C20H25N5O5S2. The van der Waals surface area contributed by atoms with Gasteiger partial charge in [0.05, 0.1) is 17.9 Å². The zero-order chi connectivity index (χ0) is 23.6. The van der Waals surface area contributed by atoms with Gasteiger partial charge < -0.3 is 16.2 Å². The molecule has 2 atom stereocenters. The van der Waals surface area contributed by atoms with Crippen molar-refractivity contribution in [1.82, 2.24) is 15.0 Å². The maximum atomic E-state index is 13.3. The lowest BCUT2D eigenvalue weighted by molar-refractivity contribution is 0.1000. The number of nitrogens with one attached hydrogen (secondary N) is 2. The monoisotopic (exact) mass is 479 g/mol. The molecule has 3 rings (SSSR count). The number of hydrogen-bond donors (Lipinski definition) is 4. The van der Waals surface area contributed by atoms with Gasteiger partial charge in [0.15, 0.2) is 11.5 Å². The number of primary amides is 1. The number of rotatable bonds is 9. The molecule has 0 spiro atoms. The van der Waals surface area contributed by atoms with Gasteiger partial charge in [-0.15, -0.1) is 0 Å². The molecule has 1 aromatic carbocycles. The lowest BCUT2D eigenvalue weighted by Crippen LogP contribution is -2.26. The van der Waals surface area contributed by atoms with Gasteiger partial charge in [-0.3, -0.25) is 14.6 Å². The third-order valence-electron chi connectivity index (χ3n) is 4.94. The lowest BCUT2D eigenvalue weighted by atomic mass is 10.0. The Labute approximate surface area is 188 Å². The van der Waals surface area contributed by atoms with Crippen molar-refractivity contribution in [2.75, 3.05) is 11.9 Å². The fourth-order valence-corrected chi connectivity index (χ4v) is 5.26. The van der Waals surface area contributed by atoms with Gasteiger partial charge >= 0.3 is 4.87 Å². The molecule has 0 saturated heterocycles. The van der Waals surface area contributed by atoms with Crippen molar-refractivity contribution in [1.29, 1.82) is 0 Å². The van der Waals surface area contributed by atoms with E-state index >= 15 is 0 Å². The molecule has 5 N–H and O–H groups in total. The fraction of sp³-hybridized carbons (Fsp3) is 0.400. The van der Waals surface area contributed by atoms with Gasteiger partial charge in [0.2, 0.25) is 15.7 Å². The Morgan fingerprint density at radius 2 is 2.00 bits per heavy atom. The maximum Gasteiger partial charge on any atom is 0.306 e. The zero-order valence-corrected chi connectivity index (χ0v) is 19.5. The van der Waals surface area contributed by atoms with Crippen LogP contribution in [0.1, 0.15) is 48.4 Å². The number of aromatic amines is 1. The number of aromatic nitrogens is 3. The number of amides is 1. The summed E-state index contributed by atoms with van der Waals surface area (Å²) < 4.78 is 27.1. The van der Waals surface area contributed by atoms with Gasteiger partial charge in [-0.1, -0.05) is 37.3 Å². The Bertz CT molecular complexity index is 1300. The summed E-state index contributed by atoms with van der Waals surface area (Å²) in [5.41, 5.74) is 5.94. The summed E-state index contributed by atoms with van der Waals surface area (Å²) in [4.78, 5) is 33.8. The highest BCUT2D eigenvalue weighted by Crippen LogP contribution is 2.31. The number of aliphatic hydroxyl groups is 1. The van der Waals surface area contributed by atoms with Gasteiger partial charge in [0.25, 0.3) is 5.16 Å². The van der Waals surface area contributed by atoms with Gasteiger partial charge in [-0.05, 0) is 37.0 Å². The van der Waals surface area contributed by atoms with E-state index in [1.807, 2.05) is 13.8 Å². The standard InChI is InChI=1S/C20H25N5O5S2/c1-10(2)7-14(9-26)22-17-15-18(25-20(28)31-15)24-19(23-17)32(29,30)11(3)12-5-4-6-13(8-12)16(21)27/h4-6,8,10-11,14,26H,7,9H2,1-3H3,(H2,21,27)(H2,22,23,24,25,28)/t11?,14-/m1/s1. The number of nitrogens with two attached hydrogens (primary N) is 1. The molecule has 3 aromatic rings. The maximum absolute atomic E-state index is 13.3. The quantitative estimate of drug-likeness (QED) is 0.337. The van der Waals surface area contributed by atoms with E-state index in [0.717, 1.165) is 11.3 Å². The second-order valence-corrected chi connectivity index (χ2v) is 11.0. The van der Waals surface area contributed by atoms with Gasteiger partial charge in [-0.25, -0.2) is 8.42 Å². The van der Waals surface area contributed by atoms with Crippen molar-refractivity contribution in [3.63, 3.8) is 0 Å². The average Bonchev–Trinajstić information content (AvgIpc) is 3.12. The SMILES string of the molecule is CC(C)C[C@H](CO)Nc1nc(S(=O)(=O)C(C)c2cccc(C(N)=O)c2)nc2[nH]c(=O)sc12. The molecule has 0 aliphatic heterocycles. The molecule has 0 radical (unpaired) electrons. The minimum atomic E-state index is -4.10. The normalized spacial score (nSPS) is 13.9. The van der Waals surface area contributed by atoms with Crippen LogP contribution in [-0.4, -0.2) is 47.0 Å². The molecule has 2 aromatic heterocycles. The van der Waals surface area contributed by atoms with Gasteiger partial charge in [0, 0.05) is 5.56 Å². The van der Waals surface area contributed by atoms with Crippen LogP contribution in [0.5, 0.6) is 0 Å². The summed E-state index contributed by atoms with van der Waals surface area (Å²) in [5, 5.41) is 11.2. The van der Waals surface area contributed by atoms with Crippen molar-refractivity contribution >= 4 is 43.2 Å². The van der Waals surface area contributed by atoms with Crippen LogP contribution in [0.4, 0.5) is 5.82 Å². The third kappa shape index (κ3) is 4.97. The number of benzene rings is 1. The number of carbonyl (C=O) groups is 1. The molecule has 0 saturated carbocycles. The Morgan fingerprint density at radius 1 is 1.28 bits per heavy atom. The first kappa shape index (κ1) is 23.8. The molecule has 0 bridgehead atoms. The predicted octanol–water partition coefficient (Wildman–Crippen LogP) is 1.83. The first-order valence-corrected chi connectivity index (χ1v) is 12.3. The summed E-state index contributed by atoms with van der Waals surface area (Å²) in [6, 6.07) is 5.65. The second-order valence-electron chi connectivity index (χ2n) is 7.88. The summed E-state index contributed by atoms with van der Waals surface area (Å²) in [5.74, 6) is -0.242. The smallest absolute Gasteiger partial charge is 0.306 e. The number of nitrogens with zero attached hydrogens (tertiary/aromatic N) is 2. The number of hydrogen-bond acceptors (Lipinski definition) is 9. The molecule has 12 heteroatoms. The Morgan fingerprint density at radius 3 is 2.62 bits per heavy atom. The highest BCUT2D eigenvalue weighted by Gasteiger charge is 2.30. The van der Waals surface area contributed by atoms with Gasteiger partial charge in [0.1, 0.15) is 4.70 Å². The highest BCUT2D eigenvalue weighted by molar-refractivity contribution is 7.91. The van der Waals surface area contributed by atoms with E-state index < -0.39 is 31.0 Å². The zero-order valence-electron chi connectivity index (χ0n) is 17.8. The van der Waals surface area contributed by atoms with E-state index in [2.05, 4.69) is 20.3 Å². The number of thiazole rings is 1. The highest BCUT2D eigenvalue weighted by atomic mass is 32.2. The van der Waals surface area contributed by atoms with E-state index in [9.17, 15) is 23.1 Å². The number of fused-ring (bicyclic) bond motifs is 1. The predicted molar refractivity (Wildman–Crippen MR) is 123 cm³/mol. The second kappa shape index (κ2) is 9.35. The van der Waals surface area contributed by atoms with Crippen LogP contribution in [-0.2, 0) is 9.84 Å². The lowest BCUT2D eigenvalue weighted by Gasteiger charge is -2.20. The first-order chi connectivity index (χ1) is 15.0. The van der Waals surface area contributed by atoms with Crippen LogP contribution in [0, 0.1) is 5.92 Å². The van der Waals surface area contributed by atoms with Crippen LogP contribution in [0.2, 0.25) is 0 Å². The molecule has 32 heavy (non-hydrogen) atoms. The summed E-state index contributed by atoms with van der Waals surface area (Å²) >= 11 is 0.853. The van der Waals surface area contributed by atoms with Crippen LogP contribution < -0.4 is 15.9 Å². The Hall–Kier alpha value is -2.83. The number of carbonyl (C=O) groups excluding carboxylic acids is 1. The number of anilines is 1. The minimum Gasteiger partial charge on any atom is -0.394 e. The van der Waals surface area contributed by atoms with E-state index in [1.165, 1.54) is 19.1 Å². The number of sulfone groups is 1.